The normalized spacial score (nSPS) is 18.6. The number of aliphatic imine (C=N–C) groups is 1. The summed E-state index contributed by atoms with van der Waals surface area (Å²) in [7, 11) is 0. The van der Waals surface area contributed by atoms with E-state index in [9.17, 15) is 5.26 Å². The van der Waals surface area contributed by atoms with Gasteiger partial charge in [-0.2, -0.15) is 15.4 Å². The molecule has 0 radical (unpaired) electrons. The number of hydrogen-bond donors (Lipinski definition) is 4. The molecule has 6 aromatic rings. The van der Waals surface area contributed by atoms with Gasteiger partial charge in [0, 0.05) is 80.6 Å². The van der Waals surface area contributed by atoms with Crippen molar-refractivity contribution in [3.63, 3.8) is 0 Å². The van der Waals surface area contributed by atoms with E-state index in [0.29, 0.717) is 46.5 Å². The molecule has 3 fully saturated rings. The second-order valence-electron chi connectivity index (χ2n) is 17.9. The third kappa shape index (κ3) is 11.8. The van der Waals surface area contributed by atoms with Crippen molar-refractivity contribution in [2.45, 2.75) is 51.5 Å². The Bertz CT molecular complexity index is 2810. The Hall–Kier alpha value is -7.83. The molecule has 1 saturated carbocycles. The van der Waals surface area contributed by atoms with Crippen molar-refractivity contribution >= 4 is 64.9 Å². The fraction of sp³-hybridized carbons (Fsp3) is 0.302. The second kappa shape index (κ2) is 21.2. The smallest absolute Gasteiger partial charge is 0.263 e. The Kier molecular flexibility index (Phi) is 14.1. The van der Waals surface area contributed by atoms with E-state index in [0.717, 1.165) is 111 Å². The highest BCUT2D eigenvalue weighted by Gasteiger charge is 2.30. The van der Waals surface area contributed by atoms with Crippen molar-refractivity contribution in [3.8, 4) is 6.07 Å². The van der Waals surface area contributed by atoms with Crippen molar-refractivity contribution in [2.24, 2.45) is 16.5 Å². The molecular weight excluding hydrogens is 847 g/mol. The Labute approximate surface area is 398 Å². The minimum absolute atomic E-state index is 0.299. The number of rotatable bonds is 13. The highest BCUT2D eigenvalue weighted by atomic mass is 15.3. The Morgan fingerprint density at radius 1 is 0.750 bits per heavy atom. The number of nitriles is 1. The van der Waals surface area contributed by atoms with Gasteiger partial charge >= 0.3 is 0 Å². The largest absolute Gasteiger partial charge is 0.402 e. The predicted octanol–water partition coefficient (Wildman–Crippen LogP) is 7.70. The minimum Gasteiger partial charge on any atom is -0.402 e. The molecule has 0 amide bonds. The number of aromatic nitrogens is 6. The van der Waals surface area contributed by atoms with Crippen LogP contribution < -0.4 is 36.5 Å². The Balaban J connectivity index is 0.822. The average molecular weight is 907 g/mol. The first kappa shape index (κ1) is 45.3. The van der Waals surface area contributed by atoms with E-state index in [1.807, 2.05) is 79.7 Å². The van der Waals surface area contributed by atoms with E-state index in [1.54, 1.807) is 13.0 Å². The molecule has 0 unspecified atom stereocenters. The van der Waals surface area contributed by atoms with E-state index in [1.165, 1.54) is 18.4 Å². The number of aromatic amines is 2. The predicted molar refractivity (Wildman–Crippen MR) is 274 cm³/mol. The summed E-state index contributed by atoms with van der Waals surface area (Å²) in [5.74, 6) is 5.96. The quantitative estimate of drug-likeness (QED) is 0.0653. The van der Waals surface area contributed by atoms with Gasteiger partial charge in [0.1, 0.15) is 17.5 Å². The summed E-state index contributed by atoms with van der Waals surface area (Å²) >= 11 is 0. The van der Waals surface area contributed by atoms with Crippen LogP contribution in [0.1, 0.15) is 78.1 Å². The van der Waals surface area contributed by atoms with E-state index in [4.69, 9.17) is 26.4 Å². The lowest BCUT2D eigenvalue weighted by Crippen LogP contribution is -2.51. The van der Waals surface area contributed by atoms with Crippen molar-refractivity contribution in [1.29, 1.82) is 5.26 Å². The van der Waals surface area contributed by atoms with Crippen molar-refractivity contribution in [1.82, 2.24) is 30.0 Å². The number of H-pyrrole nitrogens is 2. The topological polar surface area (TPSA) is 195 Å². The molecule has 0 atom stereocenters. The molecule has 3 aliphatic rings. The van der Waals surface area contributed by atoms with Gasteiger partial charge < -0.3 is 26.6 Å². The van der Waals surface area contributed by atoms with Gasteiger partial charge in [-0.3, -0.25) is 14.9 Å². The third-order valence-electron chi connectivity index (χ3n) is 12.9. The number of benzene rings is 3. The maximum atomic E-state index is 9.23. The first-order chi connectivity index (χ1) is 33.2. The average Bonchev–Trinajstić information content (AvgIpc) is 3.78. The molecule has 7 N–H and O–H groups in total. The zero-order chi connectivity index (χ0) is 46.8. The van der Waals surface area contributed by atoms with Crippen LogP contribution in [0.5, 0.6) is 0 Å². The molecule has 15 nitrogen and oxygen atoms in total. The van der Waals surface area contributed by atoms with Crippen LogP contribution >= 0.6 is 0 Å². The molecule has 5 heterocycles. The van der Waals surface area contributed by atoms with Gasteiger partial charge in [-0.15, -0.1) is 0 Å². The molecule has 3 aromatic carbocycles. The number of nitrogens with two attached hydrogens (primary N) is 2. The highest BCUT2D eigenvalue weighted by molar-refractivity contribution is 5.93. The number of anilines is 5. The van der Waals surface area contributed by atoms with Crippen LogP contribution in [0.4, 0.5) is 34.8 Å². The van der Waals surface area contributed by atoms with Crippen LogP contribution in [0.2, 0.25) is 0 Å². The van der Waals surface area contributed by atoms with Gasteiger partial charge in [0.15, 0.2) is 11.6 Å². The van der Waals surface area contributed by atoms with Crippen molar-refractivity contribution in [3.05, 3.63) is 148 Å². The molecule has 2 aliphatic heterocycles. The summed E-state index contributed by atoms with van der Waals surface area (Å²) in [6.07, 6.45) is 14.5. The molecule has 68 heavy (non-hydrogen) atoms. The Morgan fingerprint density at radius 3 is 2.19 bits per heavy atom. The monoisotopic (exact) mass is 907 g/mol. The maximum absolute atomic E-state index is 9.23. The highest BCUT2D eigenvalue weighted by Crippen LogP contribution is 2.36. The van der Waals surface area contributed by atoms with Crippen LogP contribution in [0.15, 0.2) is 114 Å². The van der Waals surface area contributed by atoms with Gasteiger partial charge in [0.05, 0.1) is 30.8 Å². The lowest BCUT2D eigenvalue weighted by molar-refractivity contribution is -0.371. The van der Waals surface area contributed by atoms with Crippen LogP contribution in [-0.2, 0) is 0 Å². The van der Waals surface area contributed by atoms with Crippen LogP contribution in [0.25, 0.3) is 24.3 Å². The lowest BCUT2D eigenvalue weighted by Gasteiger charge is -2.42. The number of amidine groups is 1. The molecule has 0 bridgehead atoms. The number of piperazine rings is 2. The van der Waals surface area contributed by atoms with Crippen LogP contribution in [0, 0.1) is 18.3 Å². The summed E-state index contributed by atoms with van der Waals surface area (Å²) in [5.41, 5.74) is 19.1. The van der Waals surface area contributed by atoms with Gasteiger partial charge in [0.25, 0.3) is 5.82 Å². The summed E-state index contributed by atoms with van der Waals surface area (Å²) in [6, 6.07) is 35.7. The molecular formula is C53H60N15+. The molecule has 15 heteroatoms. The molecule has 346 valence electrons. The van der Waals surface area contributed by atoms with Gasteiger partial charge in [-0.25, -0.2) is 15.0 Å². The number of hydrogen-bond acceptors (Lipinski definition) is 12. The fourth-order valence-corrected chi connectivity index (χ4v) is 9.41. The standard InChI is InChI=1S/C53H59N15/c1-37(55)31-46(56)57-49-34-52(67-27-23-65(24-28-67)44-17-11-41(36-54)12-18-44)62-48(58-49)22-14-40-9-6-10-43(33-40)42-15-19-45(20-16-42)66-25-29-68(30-26-66)53-35-50(60-51-32-38(2)63-64-51)59-47(61-53)21-13-39-7-4-3-5-8-39/h3-14,17-18,21-22,31-35,42,45H,15-16,19-20,23-30,55H2,1-2H3,(H2,56,57,58,62)(H2,59,60,61,63,64)/p+1/b21-13+,22-14+,37-31-. The first-order valence-electron chi connectivity index (χ1n) is 23.6. The molecule has 9 rings (SSSR count). The lowest BCUT2D eigenvalue weighted by atomic mass is 9.80. The van der Waals surface area contributed by atoms with Crippen LogP contribution in [0.3, 0.4) is 0 Å². The number of aryl methyl sites for hydroxylation is 1. The minimum atomic E-state index is 0.299. The summed E-state index contributed by atoms with van der Waals surface area (Å²) in [4.78, 5) is 32.6. The molecule has 0 spiro atoms. The summed E-state index contributed by atoms with van der Waals surface area (Å²) < 4.78 is 0. The van der Waals surface area contributed by atoms with E-state index in [-0.39, 0.29) is 0 Å². The summed E-state index contributed by atoms with van der Waals surface area (Å²) in [6.45, 7) is 10.9. The zero-order valence-corrected chi connectivity index (χ0v) is 38.9. The Morgan fingerprint density at radius 2 is 1.47 bits per heavy atom. The van der Waals surface area contributed by atoms with Crippen LogP contribution in [-0.4, -0.2) is 94.3 Å². The number of nitrogens with one attached hydrogen (secondary N) is 3. The third-order valence-corrected chi connectivity index (χ3v) is 12.9. The van der Waals surface area contributed by atoms with Gasteiger partial charge in [0.2, 0.25) is 11.6 Å². The number of nitrogens with zero attached hydrogens (tertiary/aromatic N) is 10. The number of allylic oxidation sites excluding steroid dienone is 1. The SMILES string of the molecule is C/C(N)=C/C(N)=Nc1cc(N2CCN(c3ccc(C#N)cc3)CC2)[nH+]c(/C=C/c2cccc(C3CCC(N4CCN(c5cc(Nc6cc(C)[nH]n6)nc(/C=C/c6ccccc6)n5)CC4)CC3)c2)n1. The summed E-state index contributed by atoms with van der Waals surface area (Å²) in [5, 5.41) is 20.0. The first-order valence-corrected chi connectivity index (χ1v) is 23.6. The molecule has 3 aromatic heterocycles. The maximum Gasteiger partial charge on any atom is 0.263 e. The second-order valence-corrected chi connectivity index (χ2v) is 17.9. The molecule has 2 saturated heterocycles. The van der Waals surface area contributed by atoms with Crippen molar-refractivity contribution in [2.75, 3.05) is 72.4 Å². The van der Waals surface area contributed by atoms with Gasteiger partial charge in [-0.1, -0.05) is 65.7 Å². The zero-order valence-electron chi connectivity index (χ0n) is 38.9. The van der Waals surface area contributed by atoms with E-state index in [2.05, 4.69) is 99.7 Å². The van der Waals surface area contributed by atoms with E-state index >= 15 is 0 Å². The molecule has 1 aliphatic carbocycles. The fourth-order valence-electron chi connectivity index (χ4n) is 9.41. The van der Waals surface area contributed by atoms with Gasteiger partial charge in [-0.05, 0) is 105 Å². The van der Waals surface area contributed by atoms with E-state index < -0.39 is 0 Å². The van der Waals surface area contributed by atoms with Crippen molar-refractivity contribution < 1.29 is 4.98 Å².